The van der Waals surface area contributed by atoms with Crippen LogP contribution in [-0.4, -0.2) is 17.6 Å². The Morgan fingerprint density at radius 1 is 1.19 bits per heavy atom. The molecule has 1 aromatic heterocycles. The van der Waals surface area contributed by atoms with E-state index in [2.05, 4.69) is 22.8 Å². The molecule has 0 saturated heterocycles. The lowest BCUT2D eigenvalue weighted by Crippen LogP contribution is -2.39. The zero-order chi connectivity index (χ0) is 14.9. The average molecular weight is 300 g/mol. The standard InChI is InChI=1S/C16H16N2O2S/c19-15(9-8-14-7-4-12-20-14)18-16(21)17-11-10-13-5-2-1-3-6-13/h1-9,12H,10-11H2,(H2,17,18,19,21). The van der Waals surface area contributed by atoms with Crippen LogP contribution < -0.4 is 10.6 Å². The average Bonchev–Trinajstić information content (AvgIpc) is 2.99. The van der Waals surface area contributed by atoms with E-state index in [0.29, 0.717) is 17.4 Å². The highest BCUT2D eigenvalue weighted by molar-refractivity contribution is 7.80. The van der Waals surface area contributed by atoms with Gasteiger partial charge in [-0.2, -0.15) is 0 Å². The number of nitrogens with one attached hydrogen (secondary N) is 2. The molecule has 1 aromatic carbocycles. The van der Waals surface area contributed by atoms with Crippen LogP contribution in [0, 0.1) is 0 Å². The zero-order valence-corrected chi connectivity index (χ0v) is 12.2. The monoisotopic (exact) mass is 300 g/mol. The molecule has 0 radical (unpaired) electrons. The van der Waals surface area contributed by atoms with Gasteiger partial charge in [0.05, 0.1) is 6.26 Å². The molecule has 0 atom stereocenters. The molecule has 0 aliphatic rings. The molecule has 0 aliphatic heterocycles. The minimum atomic E-state index is -0.288. The van der Waals surface area contributed by atoms with Crippen molar-refractivity contribution in [3.05, 3.63) is 66.1 Å². The lowest BCUT2D eigenvalue weighted by molar-refractivity contribution is -0.115. The maximum absolute atomic E-state index is 11.6. The van der Waals surface area contributed by atoms with Gasteiger partial charge >= 0.3 is 0 Å². The molecule has 5 heteroatoms. The Morgan fingerprint density at radius 3 is 2.71 bits per heavy atom. The second kappa shape index (κ2) is 8.01. The summed E-state index contributed by atoms with van der Waals surface area (Å²) in [6, 6.07) is 13.6. The van der Waals surface area contributed by atoms with E-state index < -0.39 is 0 Å². The Kier molecular flexibility index (Phi) is 5.72. The van der Waals surface area contributed by atoms with Crippen molar-refractivity contribution in [1.82, 2.24) is 10.6 Å². The number of carbonyl (C=O) groups excluding carboxylic acids is 1. The number of carbonyl (C=O) groups is 1. The number of benzene rings is 1. The van der Waals surface area contributed by atoms with Gasteiger partial charge in [-0.15, -0.1) is 0 Å². The highest BCUT2D eigenvalue weighted by atomic mass is 32.1. The van der Waals surface area contributed by atoms with Crippen LogP contribution in [0.1, 0.15) is 11.3 Å². The third-order valence-electron chi connectivity index (χ3n) is 2.72. The van der Waals surface area contributed by atoms with Crippen molar-refractivity contribution in [3.63, 3.8) is 0 Å². The predicted octanol–water partition coefficient (Wildman–Crippen LogP) is 2.53. The lowest BCUT2D eigenvalue weighted by atomic mass is 10.1. The summed E-state index contributed by atoms with van der Waals surface area (Å²) in [6.07, 6.45) is 5.36. The quantitative estimate of drug-likeness (QED) is 0.658. The fourth-order valence-corrected chi connectivity index (χ4v) is 1.91. The molecule has 0 aliphatic carbocycles. The smallest absolute Gasteiger partial charge is 0.250 e. The zero-order valence-electron chi connectivity index (χ0n) is 11.4. The Hall–Kier alpha value is -2.40. The molecule has 0 bridgehead atoms. The number of thiocarbonyl (C=S) groups is 1. The predicted molar refractivity (Wildman–Crippen MR) is 86.6 cm³/mol. The van der Waals surface area contributed by atoms with Crippen molar-refractivity contribution >= 4 is 29.3 Å². The lowest BCUT2D eigenvalue weighted by Gasteiger charge is -2.07. The van der Waals surface area contributed by atoms with E-state index in [0.717, 1.165) is 6.42 Å². The van der Waals surface area contributed by atoms with E-state index in [4.69, 9.17) is 16.6 Å². The molecule has 0 spiro atoms. The molecule has 0 saturated carbocycles. The fraction of sp³-hybridized carbons (Fsp3) is 0.125. The normalized spacial score (nSPS) is 10.5. The van der Waals surface area contributed by atoms with Gasteiger partial charge in [0.15, 0.2) is 5.11 Å². The SMILES string of the molecule is O=C(C=Cc1ccco1)NC(=S)NCCc1ccccc1. The second-order valence-electron chi connectivity index (χ2n) is 4.33. The largest absolute Gasteiger partial charge is 0.465 e. The number of hydrogen-bond acceptors (Lipinski definition) is 3. The maximum Gasteiger partial charge on any atom is 0.250 e. The van der Waals surface area contributed by atoms with Crippen LogP contribution in [0.5, 0.6) is 0 Å². The molecule has 0 unspecified atom stereocenters. The first kappa shape index (κ1) is 15.0. The molecule has 2 aromatic rings. The van der Waals surface area contributed by atoms with Crippen molar-refractivity contribution in [2.75, 3.05) is 6.54 Å². The molecule has 21 heavy (non-hydrogen) atoms. The topological polar surface area (TPSA) is 54.3 Å². The van der Waals surface area contributed by atoms with E-state index in [-0.39, 0.29) is 5.91 Å². The van der Waals surface area contributed by atoms with Crippen LogP contribution in [0.25, 0.3) is 6.08 Å². The highest BCUT2D eigenvalue weighted by Gasteiger charge is 2.00. The summed E-state index contributed by atoms with van der Waals surface area (Å²) in [6.45, 7) is 0.672. The summed E-state index contributed by atoms with van der Waals surface area (Å²) in [5, 5.41) is 5.90. The molecule has 1 heterocycles. The summed E-state index contributed by atoms with van der Waals surface area (Å²) in [7, 11) is 0. The number of rotatable bonds is 5. The van der Waals surface area contributed by atoms with E-state index in [1.165, 1.54) is 11.6 Å². The van der Waals surface area contributed by atoms with Gasteiger partial charge in [0, 0.05) is 12.6 Å². The van der Waals surface area contributed by atoms with E-state index in [1.54, 1.807) is 24.5 Å². The van der Waals surface area contributed by atoms with Crippen LogP contribution in [0.15, 0.2) is 59.2 Å². The minimum absolute atomic E-state index is 0.288. The first-order chi connectivity index (χ1) is 10.2. The first-order valence-electron chi connectivity index (χ1n) is 6.58. The summed E-state index contributed by atoms with van der Waals surface area (Å²) < 4.78 is 5.09. The molecule has 2 N–H and O–H groups in total. The van der Waals surface area contributed by atoms with Crippen LogP contribution in [0.2, 0.25) is 0 Å². The van der Waals surface area contributed by atoms with Gasteiger partial charge in [0.1, 0.15) is 5.76 Å². The summed E-state index contributed by atoms with van der Waals surface area (Å²) in [5.74, 6) is 0.330. The number of amides is 1. The van der Waals surface area contributed by atoms with E-state index in [1.807, 2.05) is 18.2 Å². The van der Waals surface area contributed by atoms with Gasteiger partial charge in [-0.05, 0) is 42.4 Å². The third kappa shape index (κ3) is 5.62. The first-order valence-corrected chi connectivity index (χ1v) is 6.99. The van der Waals surface area contributed by atoms with Gasteiger partial charge in [-0.25, -0.2) is 0 Å². The fourth-order valence-electron chi connectivity index (χ4n) is 1.71. The highest BCUT2D eigenvalue weighted by Crippen LogP contribution is 2.01. The molecule has 108 valence electrons. The molecular weight excluding hydrogens is 284 g/mol. The molecule has 4 nitrogen and oxygen atoms in total. The van der Waals surface area contributed by atoms with E-state index >= 15 is 0 Å². The third-order valence-corrected chi connectivity index (χ3v) is 2.97. The van der Waals surface area contributed by atoms with E-state index in [9.17, 15) is 4.79 Å². The Labute approximate surface area is 128 Å². The Morgan fingerprint density at radius 2 is 2.00 bits per heavy atom. The minimum Gasteiger partial charge on any atom is -0.465 e. The van der Waals surface area contributed by atoms with Crippen molar-refractivity contribution in [1.29, 1.82) is 0 Å². The van der Waals surface area contributed by atoms with Gasteiger partial charge < -0.3 is 9.73 Å². The second-order valence-corrected chi connectivity index (χ2v) is 4.74. The van der Waals surface area contributed by atoms with Gasteiger partial charge in [0.2, 0.25) is 5.91 Å². The van der Waals surface area contributed by atoms with Crippen LogP contribution in [-0.2, 0) is 11.2 Å². The van der Waals surface area contributed by atoms with Crippen molar-refractivity contribution in [2.45, 2.75) is 6.42 Å². The van der Waals surface area contributed by atoms with Crippen molar-refractivity contribution < 1.29 is 9.21 Å². The molecular formula is C16H16N2O2S. The Bertz CT molecular complexity index is 606. The van der Waals surface area contributed by atoms with Gasteiger partial charge in [-0.3, -0.25) is 10.1 Å². The summed E-state index contributed by atoms with van der Waals surface area (Å²) >= 11 is 5.06. The van der Waals surface area contributed by atoms with Crippen LogP contribution in [0.4, 0.5) is 0 Å². The van der Waals surface area contributed by atoms with Gasteiger partial charge in [-0.1, -0.05) is 30.3 Å². The molecule has 2 rings (SSSR count). The van der Waals surface area contributed by atoms with Crippen LogP contribution in [0.3, 0.4) is 0 Å². The number of furan rings is 1. The van der Waals surface area contributed by atoms with Gasteiger partial charge in [0.25, 0.3) is 0 Å². The maximum atomic E-state index is 11.6. The molecule has 0 fully saturated rings. The molecule has 1 amide bonds. The summed E-state index contributed by atoms with van der Waals surface area (Å²) in [5.41, 5.74) is 1.22. The van der Waals surface area contributed by atoms with Crippen molar-refractivity contribution in [3.8, 4) is 0 Å². The summed E-state index contributed by atoms with van der Waals surface area (Å²) in [4.78, 5) is 11.6. The van der Waals surface area contributed by atoms with Crippen LogP contribution >= 0.6 is 12.2 Å². The number of hydrogen-bond donors (Lipinski definition) is 2. The Balaban J connectivity index is 1.68. The van der Waals surface area contributed by atoms with Crippen molar-refractivity contribution in [2.24, 2.45) is 0 Å².